The average molecular weight is 199 g/mol. The van der Waals surface area contributed by atoms with Crippen LogP contribution in [0, 0.1) is 5.92 Å². The van der Waals surface area contributed by atoms with Crippen LogP contribution in [-0.4, -0.2) is 38.0 Å². The third-order valence-electron chi connectivity index (χ3n) is 2.38. The van der Waals surface area contributed by atoms with Gasteiger partial charge in [0.25, 0.3) is 0 Å². The van der Waals surface area contributed by atoms with E-state index in [0.717, 1.165) is 6.54 Å². The molecule has 0 bridgehead atoms. The van der Waals surface area contributed by atoms with Crippen LogP contribution < -0.4 is 16.0 Å². The molecular weight excluding hydrogens is 182 g/mol. The predicted molar refractivity (Wildman–Crippen MR) is 52.6 cm³/mol. The second-order valence-corrected chi connectivity index (χ2v) is 3.60. The van der Waals surface area contributed by atoms with Crippen LogP contribution in [0.3, 0.4) is 0 Å². The SMILES string of the molecule is CNC(=O)[C@H]1CNC[C@H](NC(C)=O)C1. The van der Waals surface area contributed by atoms with Crippen molar-refractivity contribution in [3.05, 3.63) is 0 Å². The predicted octanol–water partition coefficient (Wildman–Crippen LogP) is -1.15. The Kier molecular flexibility index (Phi) is 3.88. The van der Waals surface area contributed by atoms with Gasteiger partial charge in [0, 0.05) is 33.1 Å². The summed E-state index contributed by atoms with van der Waals surface area (Å²) in [6, 6.07) is 0.0727. The lowest BCUT2D eigenvalue weighted by Crippen LogP contribution is -2.51. The zero-order chi connectivity index (χ0) is 10.6. The fraction of sp³-hybridized carbons (Fsp3) is 0.778. The first-order valence-electron chi connectivity index (χ1n) is 4.83. The van der Waals surface area contributed by atoms with Crippen molar-refractivity contribution in [1.29, 1.82) is 0 Å². The van der Waals surface area contributed by atoms with Crippen LogP contribution in [0.4, 0.5) is 0 Å². The summed E-state index contributed by atoms with van der Waals surface area (Å²) in [6.07, 6.45) is 0.715. The molecule has 2 amide bonds. The molecule has 0 radical (unpaired) electrons. The number of carbonyl (C=O) groups is 2. The quantitative estimate of drug-likeness (QED) is 0.526. The van der Waals surface area contributed by atoms with E-state index in [1.165, 1.54) is 6.92 Å². The normalized spacial score (nSPS) is 26.7. The Bertz CT molecular complexity index is 230. The summed E-state index contributed by atoms with van der Waals surface area (Å²) < 4.78 is 0. The van der Waals surface area contributed by atoms with E-state index in [0.29, 0.717) is 13.0 Å². The third-order valence-corrected chi connectivity index (χ3v) is 2.38. The van der Waals surface area contributed by atoms with Crippen molar-refractivity contribution in [2.24, 2.45) is 5.92 Å². The minimum absolute atomic E-state index is 0.0348. The van der Waals surface area contributed by atoms with Crippen molar-refractivity contribution in [3.63, 3.8) is 0 Å². The van der Waals surface area contributed by atoms with Gasteiger partial charge in [-0.15, -0.1) is 0 Å². The summed E-state index contributed by atoms with van der Waals surface area (Å²) in [4.78, 5) is 22.2. The molecule has 2 atom stereocenters. The summed E-state index contributed by atoms with van der Waals surface area (Å²) >= 11 is 0. The van der Waals surface area contributed by atoms with Gasteiger partial charge in [0.05, 0.1) is 5.92 Å². The molecule has 80 valence electrons. The summed E-state index contributed by atoms with van der Waals surface area (Å²) in [5, 5.41) is 8.56. The maximum absolute atomic E-state index is 11.3. The molecule has 1 aliphatic rings. The zero-order valence-corrected chi connectivity index (χ0v) is 8.59. The number of hydrogen-bond acceptors (Lipinski definition) is 3. The summed E-state index contributed by atoms with van der Waals surface area (Å²) in [5.74, 6) is -0.0486. The van der Waals surface area contributed by atoms with Crippen LogP contribution in [0.1, 0.15) is 13.3 Å². The van der Waals surface area contributed by atoms with Crippen LogP contribution in [0.5, 0.6) is 0 Å². The summed E-state index contributed by atoms with van der Waals surface area (Å²) in [5.41, 5.74) is 0. The van der Waals surface area contributed by atoms with E-state index in [2.05, 4.69) is 16.0 Å². The smallest absolute Gasteiger partial charge is 0.224 e. The van der Waals surface area contributed by atoms with Gasteiger partial charge >= 0.3 is 0 Å². The van der Waals surface area contributed by atoms with E-state index in [1.807, 2.05) is 0 Å². The van der Waals surface area contributed by atoms with Gasteiger partial charge in [-0.05, 0) is 6.42 Å². The van der Waals surface area contributed by atoms with Gasteiger partial charge < -0.3 is 16.0 Å². The first-order chi connectivity index (χ1) is 6.63. The Morgan fingerprint density at radius 3 is 2.64 bits per heavy atom. The molecule has 0 saturated carbocycles. The lowest BCUT2D eigenvalue weighted by molar-refractivity contribution is -0.126. The van der Waals surface area contributed by atoms with Crippen LogP contribution in [0.2, 0.25) is 0 Å². The Balaban J connectivity index is 2.43. The Labute approximate surface area is 83.6 Å². The fourth-order valence-electron chi connectivity index (χ4n) is 1.74. The zero-order valence-electron chi connectivity index (χ0n) is 8.59. The van der Waals surface area contributed by atoms with Crippen LogP contribution in [0.25, 0.3) is 0 Å². The van der Waals surface area contributed by atoms with E-state index in [-0.39, 0.29) is 23.8 Å². The van der Waals surface area contributed by atoms with Gasteiger partial charge in [-0.2, -0.15) is 0 Å². The van der Waals surface area contributed by atoms with Crippen molar-refractivity contribution in [2.75, 3.05) is 20.1 Å². The molecule has 0 spiro atoms. The first kappa shape index (κ1) is 11.0. The van der Waals surface area contributed by atoms with Gasteiger partial charge in [0.15, 0.2) is 0 Å². The lowest BCUT2D eigenvalue weighted by Gasteiger charge is -2.29. The van der Waals surface area contributed by atoms with Gasteiger partial charge in [-0.1, -0.05) is 0 Å². The number of rotatable bonds is 2. The largest absolute Gasteiger partial charge is 0.359 e. The summed E-state index contributed by atoms with van der Waals surface area (Å²) in [7, 11) is 1.63. The fourth-order valence-corrected chi connectivity index (χ4v) is 1.74. The standard InChI is InChI=1S/C9H17N3O2/c1-6(13)12-8-3-7(4-11-5-8)9(14)10-2/h7-8,11H,3-5H2,1-2H3,(H,10,14)(H,12,13)/t7-,8-/m1/s1. The van der Waals surface area contributed by atoms with Crippen molar-refractivity contribution < 1.29 is 9.59 Å². The van der Waals surface area contributed by atoms with Crippen LogP contribution in [-0.2, 0) is 9.59 Å². The van der Waals surface area contributed by atoms with E-state index >= 15 is 0 Å². The van der Waals surface area contributed by atoms with E-state index in [9.17, 15) is 9.59 Å². The number of piperidine rings is 1. The molecular formula is C9H17N3O2. The highest BCUT2D eigenvalue weighted by Crippen LogP contribution is 2.10. The van der Waals surface area contributed by atoms with Gasteiger partial charge in [0.1, 0.15) is 0 Å². The molecule has 1 aliphatic heterocycles. The topological polar surface area (TPSA) is 70.2 Å². The molecule has 5 nitrogen and oxygen atoms in total. The molecule has 0 aliphatic carbocycles. The molecule has 0 aromatic carbocycles. The Morgan fingerprint density at radius 2 is 2.07 bits per heavy atom. The molecule has 5 heteroatoms. The Hall–Kier alpha value is -1.10. The number of nitrogens with one attached hydrogen (secondary N) is 3. The molecule has 3 N–H and O–H groups in total. The molecule has 0 unspecified atom stereocenters. The molecule has 1 rings (SSSR count). The molecule has 1 saturated heterocycles. The van der Waals surface area contributed by atoms with E-state index in [1.54, 1.807) is 7.05 Å². The van der Waals surface area contributed by atoms with Gasteiger partial charge in [0.2, 0.25) is 11.8 Å². The van der Waals surface area contributed by atoms with Gasteiger partial charge in [-0.3, -0.25) is 9.59 Å². The minimum Gasteiger partial charge on any atom is -0.359 e. The number of carbonyl (C=O) groups excluding carboxylic acids is 2. The van der Waals surface area contributed by atoms with E-state index in [4.69, 9.17) is 0 Å². The van der Waals surface area contributed by atoms with Crippen molar-refractivity contribution in [3.8, 4) is 0 Å². The van der Waals surface area contributed by atoms with Crippen LogP contribution >= 0.6 is 0 Å². The maximum atomic E-state index is 11.3. The average Bonchev–Trinajstić information content (AvgIpc) is 2.16. The first-order valence-corrected chi connectivity index (χ1v) is 4.83. The number of amides is 2. The van der Waals surface area contributed by atoms with Crippen LogP contribution in [0.15, 0.2) is 0 Å². The monoisotopic (exact) mass is 199 g/mol. The highest BCUT2D eigenvalue weighted by atomic mass is 16.2. The van der Waals surface area contributed by atoms with E-state index < -0.39 is 0 Å². The number of hydrogen-bond donors (Lipinski definition) is 3. The highest BCUT2D eigenvalue weighted by molar-refractivity contribution is 5.79. The van der Waals surface area contributed by atoms with Crippen molar-refractivity contribution in [2.45, 2.75) is 19.4 Å². The third kappa shape index (κ3) is 2.99. The summed E-state index contributed by atoms with van der Waals surface area (Å²) in [6.45, 7) is 2.92. The molecule has 1 fully saturated rings. The second-order valence-electron chi connectivity index (χ2n) is 3.60. The minimum atomic E-state index is -0.0469. The Morgan fingerprint density at radius 1 is 1.36 bits per heavy atom. The molecule has 0 aromatic heterocycles. The van der Waals surface area contributed by atoms with Gasteiger partial charge in [-0.25, -0.2) is 0 Å². The maximum Gasteiger partial charge on any atom is 0.224 e. The highest BCUT2D eigenvalue weighted by Gasteiger charge is 2.26. The lowest BCUT2D eigenvalue weighted by atomic mass is 9.95. The second kappa shape index (κ2) is 4.95. The molecule has 14 heavy (non-hydrogen) atoms. The van der Waals surface area contributed by atoms with Crippen molar-refractivity contribution in [1.82, 2.24) is 16.0 Å². The molecule has 1 heterocycles. The van der Waals surface area contributed by atoms with Crippen molar-refractivity contribution >= 4 is 11.8 Å². The molecule has 0 aromatic rings.